The molecule has 0 fully saturated rings. The number of aromatic nitrogens is 1. The van der Waals surface area contributed by atoms with Crippen molar-refractivity contribution < 1.29 is 31.8 Å². The molecule has 27 heavy (non-hydrogen) atoms. The van der Waals surface area contributed by atoms with Gasteiger partial charge in [-0.05, 0) is 34.1 Å². The molecule has 1 heterocycles. The third-order valence-corrected chi connectivity index (χ3v) is 5.80. The van der Waals surface area contributed by atoms with Crippen molar-refractivity contribution in [1.82, 2.24) is 0 Å². The first-order valence-electron chi connectivity index (χ1n) is 9.02. The van der Waals surface area contributed by atoms with Gasteiger partial charge in [0.05, 0.1) is 4.88 Å². The molecule has 0 bridgehead atoms. The van der Waals surface area contributed by atoms with E-state index in [-0.39, 0.29) is 27.8 Å². The number of phenols is 1. The van der Waals surface area contributed by atoms with Crippen molar-refractivity contribution in [3.63, 3.8) is 0 Å². The second-order valence-electron chi connectivity index (χ2n) is 8.97. The minimum absolute atomic E-state index is 0. The first-order valence-corrected chi connectivity index (χ1v) is 9.90. The third kappa shape index (κ3) is 5.01. The number of hydrogen-bond acceptors (Lipinski definition) is 3. The standard InChI is InChI=1S/C22H31NO2S.BrH/c1-9-18-14(2)23(13-26-18)12-17(25)15-10-11-16(24)20(22(6,7)8)19(15)21(3,4)5;/h9-11,13,17,25H,1,12H2,2-8H3;1H. The Hall–Kier alpha value is -1.17. The summed E-state index contributed by atoms with van der Waals surface area (Å²) in [7, 11) is 0. The average Bonchev–Trinajstić information content (AvgIpc) is 2.85. The minimum atomic E-state index is -0.651. The molecule has 2 aromatic rings. The number of hydrogen-bond donors (Lipinski definition) is 2. The molecule has 0 aliphatic heterocycles. The van der Waals surface area contributed by atoms with Crippen LogP contribution >= 0.6 is 11.3 Å². The van der Waals surface area contributed by atoms with E-state index >= 15 is 0 Å². The molecule has 1 atom stereocenters. The Morgan fingerprint density at radius 2 is 1.67 bits per heavy atom. The molecule has 0 aliphatic rings. The fraction of sp³-hybridized carbons (Fsp3) is 0.500. The van der Waals surface area contributed by atoms with E-state index in [1.807, 2.05) is 24.6 Å². The van der Waals surface area contributed by atoms with Gasteiger partial charge < -0.3 is 27.2 Å². The highest BCUT2D eigenvalue weighted by atomic mass is 79.9. The molecule has 1 aromatic heterocycles. The molecule has 0 spiro atoms. The molecule has 1 aromatic carbocycles. The lowest BCUT2D eigenvalue weighted by Crippen LogP contribution is -3.00. The Morgan fingerprint density at radius 1 is 1.11 bits per heavy atom. The number of nitrogens with zero attached hydrogens (tertiary/aromatic N) is 1. The van der Waals surface area contributed by atoms with Crippen molar-refractivity contribution in [1.29, 1.82) is 0 Å². The van der Waals surface area contributed by atoms with Crippen molar-refractivity contribution in [2.45, 2.75) is 71.9 Å². The molecule has 0 aliphatic carbocycles. The Morgan fingerprint density at radius 3 is 2.11 bits per heavy atom. The molecule has 5 heteroatoms. The van der Waals surface area contributed by atoms with Crippen LogP contribution in [0.25, 0.3) is 6.08 Å². The van der Waals surface area contributed by atoms with Crippen molar-refractivity contribution in [3.05, 3.63) is 51.5 Å². The summed E-state index contributed by atoms with van der Waals surface area (Å²) in [4.78, 5) is 1.12. The van der Waals surface area contributed by atoms with E-state index in [0.717, 1.165) is 27.3 Å². The lowest BCUT2D eigenvalue weighted by Gasteiger charge is -2.33. The number of aromatic hydroxyl groups is 1. The molecule has 0 saturated carbocycles. The zero-order valence-electron chi connectivity index (χ0n) is 17.4. The van der Waals surface area contributed by atoms with E-state index in [1.165, 1.54) is 0 Å². The van der Waals surface area contributed by atoms with E-state index < -0.39 is 6.10 Å². The number of phenolic OH excluding ortho intramolecular Hbond substituents is 1. The summed E-state index contributed by atoms with van der Waals surface area (Å²) in [6.45, 7) is 19.1. The maximum atomic E-state index is 11.1. The highest BCUT2D eigenvalue weighted by Gasteiger charge is 2.33. The number of rotatable bonds is 4. The van der Waals surface area contributed by atoms with Crippen LogP contribution in [0.1, 0.15) is 74.9 Å². The number of halogens is 1. The van der Waals surface area contributed by atoms with Gasteiger partial charge in [0, 0.05) is 12.5 Å². The molecular weight excluding hydrogens is 422 g/mol. The maximum Gasteiger partial charge on any atom is 0.225 e. The lowest BCUT2D eigenvalue weighted by molar-refractivity contribution is -0.705. The van der Waals surface area contributed by atoms with Crippen molar-refractivity contribution in [2.24, 2.45) is 0 Å². The van der Waals surface area contributed by atoms with E-state index in [0.29, 0.717) is 12.3 Å². The van der Waals surface area contributed by atoms with E-state index in [2.05, 4.69) is 52.7 Å². The SMILES string of the molecule is C=Cc1sc[n+](CC(O)c2ccc(O)c(C(C)(C)C)c2C(C)(C)C)c1C.[Br-]. The topological polar surface area (TPSA) is 44.3 Å². The van der Waals surface area contributed by atoms with E-state index in [1.54, 1.807) is 17.4 Å². The highest BCUT2D eigenvalue weighted by Crippen LogP contribution is 2.43. The lowest BCUT2D eigenvalue weighted by atomic mass is 9.72. The van der Waals surface area contributed by atoms with Gasteiger partial charge in [-0.1, -0.05) is 65.5 Å². The average molecular weight is 454 g/mol. The first kappa shape index (κ1) is 23.9. The van der Waals surface area contributed by atoms with Crippen LogP contribution < -0.4 is 21.5 Å². The van der Waals surface area contributed by atoms with Gasteiger partial charge in [0.1, 0.15) is 11.9 Å². The van der Waals surface area contributed by atoms with Crippen LogP contribution in [0.3, 0.4) is 0 Å². The summed E-state index contributed by atoms with van der Waals surface area (Å²) in [6, 6.07) is 3.58. The largest absolute Gasteiger partial charge is 1.00 e. The van der Waals surface area contributed by atoms with Crippen LogP contribution in [0.15, 0.2) is 24.2 Å². The molecular formula is C22H32BrNO2S. The Kier molecular flexibility index (Phi) is 7.48. The van der Waals surface area contributed by atoms with Crippen LogP contribution in [0.4, 0.5) is 0 Å². The number of thiazole rings is 1. The number of benzene rings is 1. The van der Waals surface area contributed by atoms with Gasteiger partial charge in [0.25, 0.3) is 0 Å². The summed E-state index contributed by atoms with van der Waals surface area (Å²) in [5.74, 6) is 0.298. The van der Waals surface area contributed by atoms with E-state index in [4.69, 9.17) is 0 Å². The van der Waals surface area contributed by atoms with Gasteiger partial charge >= 0.3 is 0 Å². The third-order valence-electron chi connectivity index (χ3n) is 4.72. The summed E-state index contributed by atoms with van der Waals surface area (Å²) >= 11 is 1.63. The summed E-state index contributed by atoms with van der Waals surface area (Å²) in [5, 5.41) is 21.7. The molecule has 2 N–H and O–H groups in total. The maximum absolute atomic E-state index is 11.1. The summed E-state index contributed by atoms with van der Waals surface area (Å²) in [6.07, 6.45) is 1.20. The van der Waals surface area contributed by atoms with Crippen molar-refractivity contribution in [2.75, 3.05) is 0 Å². The van der Waals surface area contributed by atoms with Crippen LogP contribution in [0.2, 0.25) is 0 Å². The Labute approximate surface area is 178 Å². The zero-order valence-corrected chi connectivity index (χ0v) is 19.8. The van der Waals surface area contributed by atoms with Gasteiger partial charge in [0.2, 0.25) is 5.51 Å². The molecule has 0 radical (unpaired) electrons. The quantitative estimate of drug-likeness (QED) is 0.695. The first-order chi connectivity index (χ1) is 11.9. The van der Waals surface area contributed by atoms with Crippen LogP contribution in [-0.4, -0.2) is 10.2 Å². The number of aliphatic hydroxyl groups excluding tert-OH is 1. The van der Waals surface area contributed by atoms with Gasteiger partial charge in [-0.15, -0.1) is 0 Å². The zero-order chi connectivity index (χ0) is 19.9. The smallest absolute Gasteiger partial charge is 0.225 e. The second-order valence-corrected chi connectivity index (χ2v) is 9.86. The van der Waals surface area contributed by atoms with E-state index in [9.17, 15) is 10.2 Å². The molecule has 0 saturated heterocycles. The van der Waals surface area contributed by atoms with Crippen LogP contribution in [0, 0.1) is 6.92 Å². The van der Waals surface area contributed by atoms with Crippen LogP contribution in [0.5, 0.6) is 5.75 Å². The second kappa shape index (κ2) is 8.46. The fourth-order valence-corrected chi connectivity index (χ4v) is 4.41. The Balaban J connectivity index is 0.00000364. The normalized spacial score (nSPS) is 13.2. The molecule has 1 unspecified atom stereocenters. The Bertz CT molecular complexity index is 813. The summed E-state index contributed by atoms with van der Waals surface area (Å²) < 4.78 is 2.07. The summed E-state index contributed by atoms with van der Waals surface area (Å²) in [5.41, 5.74) is 5.56. The van der Waals surface area contributed by atoms with Gasteiger partial charge in [-0.2, -0.15) is 4.57 Å². The van der Waals surface area contributed by atoms with Gasteiger partial charge in [-0.3, -0.25) is 0 Å². The predicted molar refractivity (Wildman–Crippen MR) is 110 cm³/mol. The molecule has 0 amide bonds. The highest BCUT2D eigenvalue weighted by molar-refractivity contribution is 7.10. The predicted octanol–water partition coefficient (Wildman–Crippen LogP) is 2.03. The molecule has 150 valence electrons. The molecule has 2 rings (SSSR count). The fourth-order valence-electron chi connectivity index (χ4n) is 3.54. The van der Waals surface area contributed by atoms with Crippen molar-refractivity contribution >= 4 is 17.4 Å². The van der Waals surface area contributed by atoms with Crippen LogP contribution in [-0.2, 0) is 17.4 Å². The molecule has 3 nitrogen and oxygen atoms in total. The minimum Gasteiger partial charge on any atom is -1.00 e. The monoisotopic (exact) mass is 453 g/mol. The van der Waals surface area contributed by atoms with Crippen molar-refractivity contribution in [3.8, 4) is 5.75 Å². The van der Waals surface area contributed by atoms with Gasteiger partial charge in [-0.25, -0.2) is 0 Å². The number of aliphatic hydroxyl groups is 1. The van der Waals surface area contributed by atoms with Gasteiger partial charge in [0.15, 0.2) is 12.2 Å².